The van der Waals surface area contributed by atoms with Crippen molar-refractivity contribution in [1.29, 1.82) is 0 Å². The van der Waals surface area contributed by atoms with E-state index < -0.39 is 0 Å². The molecule has 0 rings (SSSR count). The van der Waals surface area contributed by atoms with Crippen molar-refractivity contribution in [3.8, 4) is 0 Å². The lowest BCUT2D eigenvalue weighted by molar-refractivity contribution is -0.118. The van der Waals surface area contributed by atoms with Crippen LogP contribution in [0.4, 0.5) is 0 Å². The molecule has 1 N–H and O–H groups in total. The molecule has 0 bridgehead atoms. The third-order valence-electron chi connectivity index (χ3n) is 2.04. The molecule has 80 valence electrons. The second-order valence-corrected chi connectivity index (χ2v) is 3.43. The summed E-state index contributed by atoms with van der Waals surface area (Å²) in [5.74, 6) is -0.0297. The molecule has 0 heterocycles. The summed E-state index contributed by atoms with van der Waals surface area (Å²) in [4.78, 5) is 10.7. The maximum atomic E-state index is 10.7. The van der Waals surface area contributed by atoms with Crippen molar-refractivity contribution >= 4 is 5.91 Å². The van der Waals surface area contributed by atoms with Gasteiger partial charge in [0.05, 0.1) is 0 Å². The van der Waals surface area contributed by atoms with Crippen LogP contribution in [0, 0.1) is 0 Å². The Balaban J connectivity index is 3.72. The third kappa shape index (κ3) is 7.59. The minimum absolute atomic E-state index is 0.0297. The molecule has 0 aliphatic rings. The van der Waals surface area contributed by atoms with E-state index in [1.165, 1.54) is 32.6 Å². The highest BCUT2D eigenvalue weighted by atomic mass is 16.1. The van der Waals surface area contributed by atoms with Gasteiger partial charge in [-0.2, -0.15) is 0 Å². The lowest BCUT2D eigenvalue weighted by Crippen LogP contribution is -2.12. The van der Waals surface area contributed by atoms with E-state index in [4.69, 9.17) is 0 Å². The zero-order valence-corrected chi connectivity index (χ0v) is 9.31. The Morgan fingerprint density at radius 1 is 1.36 bits per heavy atom. The molecule has 0 radical (unpaired) electrons. The largest absolute Gasteiger partial charge is 0.333 e. The number of carbonyl (C=O) groups is 1. The molecule has 0 saturated heterocycles. The number of carbonyl (C=O) groups excluding carboxylic acids is 1. The van der Waals surface area contributed by atoms with Crippen molar-refractivity contribution in [3.05, 3.63) is 24.4 Å². The molecule has 0 aromatic rings. The molecule has 0 spiro atoms. The van der Waals surface area contributed by atoms with Crippen LogP contribution in [0.25, 0.3) is 0 Å². The summed E-state index contributed by atoms with van der Waals surface area (Å²) in [6, 6.07) is 0. The summed E-state index contributed by atoms with van der Waals surface area (Å²) >= 11 is 0. The zero-order chi connectivity index (χ0) is 10.8. The Morgan fingerprint density at radius 2 is 2.07 bits per heavy atom. The Morgan fingerprint density at radius 3 is 2.57 bits per heavy atom. The summed E-state index contributed by atoms with van der Waals surface area (Å²) in [6.45, 7) is 7.42. The molecule has 14 heavy (non-hydrogen) atoms. The van der Waals surface area contributed by atoms with Gasteiger partial charge in [-0.1, -0.05) is 38.8 Å². The van der Waals surface area contributed by atoms with Gasteiger partial charge in [-0.05, 0) is 18.4 Å². The average Bonchev–Trinajstić information content (AvgIpc) is 2.16. The molecular weight excluding hydrogens is 174 g/mol. The fraction of sp³-hybridized carbons (Fsp3) is 0.583. The van der Waals surface area contributed by atoms with E-state index in [0.717, 1.165) is 12.0 Å². The fourth-order valence-electron chi connectivity index (χ4n) is 1.18. The quantitative estimate of drug-likeness (QED) is 0.490. The van der Waals surface area contributed by atoms with Gasteiger partial charge < -0.3 is 5.32 Å². The van der Waals surface area contributed by atoms with Crippen LogP contribution in [0.2, 0.25) is 0 Å². The smallest absolute Gasteiger partial charge is 0.220 e. The van der Waals surface area contributed by atoms with Gasteiger partial charge in [-0.3, -0.25) is 4.79 Å². The van der Waals surface area contributed by atoms with Crippen molar-refractivity contribution in [2.24, 2.45) is 0 Å². The van der Waals surface area contributed by atoms with Gasteiger partial charge in [0.1, 0.15) is 0 Å². The van der Waals surface area contributed by atoms with Crippen LogP contribution in [0.1, 0.15) is 46.0 Å². The number of allylic oxidation sites excluding steroid dienone is 2. The standard InChI is InChI=1S/C12H21NO/c1-4-6-7-8-9-12(5-2)10-13-11(3)14/h5,10H,2,4,6-9H2,1,3H3,(H,13,14)/b12-10-. The van der Waals surface area contributed by atoms with Crippen molar-refractivity contribution in [1.82, 2.24) is 5.32 Å². The van der Waals surface area contributed by atoms with Crippen LogP contribution >= 0.6 is 0 Å². The number of unbranched alkanes of at least 4 members (excludes halogenated alkanes) is 3. The minimum Gasteiger partial charge on any atom is -0.333 e. The Kier molecular flexibility index (Phi) is 7.90. The van der Waals surface area contributed by atoms with Crippen molar-refractivity contribution in [3.63, 3.8) is 0 Å². The van der Waals surface area contributed by atoms with Gasteiger partial charge in [0, 0.05) is 13.1 Å². The van der Waals surface area contributed by atoms with Crippen LogP contribution in [0.5, 0.6) is 0 Å². The predicted molar refractivity (Wildman–Crippen MR) is 60.9 cm³/mol. The molecule has 0 saturated carbocycles. The summed E-state index contributed by atoms with van der Waals surface area (Å²) in [7, 11) is 0. The average molecular weight is 195 g/mol. The molecule has 0 unspecified atom stereocenters. The van der Waals surface area contributed by atoms with Crippen LogP contribution in [0.15, 0.2) is 24.4 Å². The van der Waals surface area contributed by atoms with Crippen LogP contribution < -0.4 is 5.32 Å². The molecule has 0 aliphatic carbocycles. The molecule has 0 fully saturated rings. The van der Waals surface area contributed by atoms with E-state index >= 15 is 0 Å². The second kappa shape index (κ2) is 8.54. The van der Waals surface area contributed by atoms with Gasteiger partial charge in [-0.15, -0.1) is 0 Å². The van der Waals surface area contributed by atoms with E-state index in [-0.39, 0.29) is 5.91 Å². The van der Waals surface area contributed by atoms with Gasteiger partial charge in [-0.25, -0.2) is 0 Å². The van der Waals surface area contributed by atoms with E-state index in [0.29, 0.717) is 0 Å². The topological polar surface area (TPSA) is 29.1 Å². The Labute approximate surface area is 87.1 Å². The SMILES string of the molecule is C=C/C(=C/NC(C)=O)CCCCCC. The lowest BCUT2D eigenvalue weighted by Gasteiger charge is -2.02. The summed E-state index contributed by atoms with van der Waals surface area (Å²) < 4.78 is 0. The highest BCUT2D eigenvalue weighted by molar-refractivity contribution is 5.74. The lowest BCUT2D eigenvalue weighted by atomic mass is 10.1. The van der Waals surface area contributed by atoms with E-state index in [1.54, 1.807) is 6.20 Å². The Hall–Kier alpha value is -1.05. The molecular formula is C12H21NO. The number of hydrogen-bond acceptors (Lipinski definition) is 1. The number of hydrogen-bond donors (Lipinski definition) is 1. The molecule has 1 amide bonds. The molecule has 2 nitrogen and oxygen atoms in total. The van der Waals surface area contributed by atoms with E-state index in [2.05, 4.69) is 18.8 Å². The normalized spacial score (nSPS) is 11.1. The monoisotopic (exact) mass is 195 g/mol. The number of rotatable bonds is 7. The molecule has 0 atom stereocenters. The first-order valence-corrected chi connectivity index (χ1v) is 5.29. The predicted octanol–water partition coefficient (Wildman–Crippen LogP) is 3.16. The molecule has 0 aromatic heterocycles. The highest BCUT2D eigenvalue weighted by Gasteiger charge is 1.93. The first-order valence-electron chi connectivity index (χ1n) is 5.29. The van der Waals surface area contributed by atoms with Gasteiger partial charge in [0.2, 0.25) is 5.91 Å². The van der Waals surface area contributed by atoms with Crippen molar-refractivity contribution < 1.29 is 4.79 Å². The van der Waals surface area contributed by atoms with Crippen molar-refractivity contribution in [2.45, 2.75) is 46.0 Å². The maximum Gasteiger partial charge on any atom is 0.220 e. The minimum atomic E-state index is -0.0297. The van der Waals surface area contributed by atoms with Gasteiger partial charge in [0.15, 0.2) is 0 Å². The summed E-state index contributed by atoms with van der Waals surface area (Å²) in [5.41, 5.74) is 1.11. The zero-order valence-electron chi connectivity index (χ0n) is 9.31. The third-order valence-corrected chi connectivity index (χ3v) is 2.04. The van der Waals surface area contributed by atoms with Crippen LogP contribution in [-0.2, 0) is 4.79 Å². The van der Waals surface area contributed by atoms with Gasteiger partial charge in [0.25, 0.3) is 0 Å². The maximum absolute atomic E-state index is 10.7. The fourth-order valence-corrected chi connectivity index (χ4v) is 1.18. The Bertz CT molecular complexity index is 206. The van der Waals surface area contributed by atoms with Crippen LogP contribution in [-0.4, -0.2) is 5.91 Å². The van der Waals surface area contributed by atoms with E-state index in [1.807, 2.05) is 6.08 Å². The number of amides is 1. The van der Waals surface area contributed by atoms with Crippen LogP contribution in [0.3, 0.4) is 0 Å². The molecule has 0 aliphatic heterocycles. The first-order chi connectivity index (χ1) is 6.70. The summed E-state index contributed by atoms with van der Waals surface area (Å²) in [6.07, 6.45) is 9.52. The molecule has 2 heteroatoms. The molecule has 0 aromatic carbocycles. The van der Waals surface area contributed by atoms with Gasteiger partial charge >= 0.3 is 0 Å². The summed E-state index contributed by atoms with van der Waals surface area (Å²) in [5, 5.41) is 2.67. The second-order valence-electron chi connectivity index (χ2n) is 3.43. The highest BCUT2D eigenvalue weighted by Crippen LogP contribution is 2.09. The van der Waals surface area contributed by atoms with Crippen molar-refractivity contribution in [2.75, 3.05) is 0 Å². The first kappa shape index (κ1) is 12.9. The van der Waals surface area contributed by atoms with E-state index in [9.17, 15) is 4.79 Å². The number of nitrogens with one attached hydrogen (secondary N) is 1.